The lowest BCUT2D eigenvalue weighted by atomic mass is 9.88. The highest BCUT2D eigenvalue weighted by Crippen LogP contribution is 2.24. The Morgan fingerprint density at radius 3 is 2.69 bits per heavy atom. The summed E-state index contributed by atoms with van der Waals surface area (Å²) < 4.78 is 4.88. The summed E-state index contributed by atoms with van der Waals surface area (Å²) in [5.41, 5.74) is 0. The van der Waals surface area contributed by atoms with E-state index in [1.54, 1.807) is 13.4 Å². The monoisotopic (exact) mass is 227 g/mol. The smallest absolute Gasteiger partial charge is 0.407 e. The Morgan fingerprint density at radius 2 is 2.19 bits per heavy atom. The molecule has 1 N–H and O–H groups in total. The molecule has 1 aliphatic heterocycles. The van der Waals surface area contributed by atoms with Crippen molar-refractivity contribution < 1.29 is 14.6 Å². The van der Waals surface area contributed by atoms with Gasteiger partial charge in [-0.2, -0.15) is 0 Å². The number of rotatable bonds is 4. The Balaban J connectivity index is 2.26. The summed E-state index contributed by atoms with van der Waals surface area (Å²) in [7, 11) is 1.65. The number of carbonyl (C=O) groups is 1. The molecule has 1 amide bonds. The number of likely N-dealkylation sites (tertiary alicyclic amines) is 1. The van der Waals surface area contributed by atoms with E-state index >= 15 is 0 Å². The number of nitrogens with zero attached hydrogens (tertiary/aromatic N) is 1. The predicted octanol–water partition coefficient (Wildman–Crippen LogP) is 2.56. The van der Waals surface area contributed by atoms with E-state index in [9.17, 15) is 4.79 Å². The van der Waals surface area contributed by atoms with E-state index in [0.717, 1.165) is 19.3 Å². The minimum absolute atomic E-state index is 0.501. The van der Waals surface area contributed by atoms with Crippen LogP contribution in [-0.4, -0.2) is 36.3 Å². The Morgan fingerprint density at radius 1 is 1.56 bits per heavy atom. The molecule has 0 aromatic rings. The van der Waals surface area contributed by atoms with Crippen molar-refractivity contribution in [3.63, 3.8) is 0 Å². The van der Waals surface area contributed by atoms with Gasteiger partial charge >= 0.3 is 6.09 Å². The lowest BCUT2D eigenvalue weighted by Gasteiger charge is -2.30. The number of allylic oxidation sites excluding steroid dienone is 1. The molecule has 0 aliphatic carbocycles. The second-order valence-electron chi connectivity index (χ2n) is 4.49. The predicted molar refractivity (Wildman–Crippen MR) is 62.3 cm³/mol. The van der Waals surface area contributed by atoms with Gasteiger partial charge in [-0.05, 0) is 37.2 Å². The first kappa shape index (κ1) is 12.9. The molecule has 0 bridgehead atoms. The Labute approximate surface area is 96.9 Å². The van der Waals surface area contributed by atoms with Gasteiger partial charge < -0.3 is 14.7 Å². The van der Waals surface area contributed by atoms with Crippen LogP contribution in [-0.2, 0) is 4.74 Å². The summed E-state index contributed by atoms with van der Waals surface area (Å²) >= 11 is 0. The minimum atomic E-state index is -0.786. The molecular weight excluding hydrogens is 206 g/mol. The molecule has 1 saturated heterocycles. The summed E-state index contributed by atoms with van der Waals surface area (Å²) in [6.07, 6.45) is 6.08. The Kier molecular flexibility index (Phi) is 5.15. The van der Waals surface area contributed by atoms with Gasteiger partial charge in [0, 0.05) is 13.1 Å². The molecule has 0 aromatic heterocycles. The number of amides is 1. The van der Waals surface area contributed by atoms with E-state index in [1.165, 1.54) is 4.90 Å². The molecule has 1 unspecified atom stereocenters. The van der Waals surface area contributed by atoms with Crippen molar-refractivity contribution in [2.75, 3.05) is 20.2 Å². The molecule has 1 heterocycles. The maximum absolute atomic E-state index is 10.7. The molecule has 92 valence electrons. The molecule has 0 saturated carbocycles. The van der Waals surface area contributed by atoms with Crippen molar-refractivity contribution in [2.24, 2.45) is 11.8 Å². The SMILES string of the molecule is COC=CC(C)CC1CCN(C(=O)O)CC1. The number of piperidine rings is 1. The van der Waals surface area contributed by atoms with Gasteiger partial charge in [0.15, 0.2) is 0 Å². The fraction of sp³-hybridized carbons (Fsp3) is 0.750. The minimum Gasteiger partial charge on any atom is -0.505 e. The lowest BCUT2D eigenvalue weighted by molar-refractivity contribution is 0.121. The molecule has 0 spiro atoms. The van der Waals surface area contributed by atoms with Crippen LogP contribution in [0.15, 0.2) is 12.3 Å². The molecule has 1 atom stereocenters. The highest BCUT2D eigenvalue weighted by molar-refractivity contribution is 5.64. The molecule has 4 nitrogen and oxygen atoms in total. The van der Waals surface area contributed by atoms with Gasteiger partial charge in [-0.3, -0.25) is 0 Å². The largest absolute Gasteiger partial charge is 0.505 e. The number of methoxy groups -OCH3 is 1. The van der Waals surface area contributed by atoms with E-state index in [0.29, 0.717) is 24.9 Å². The van der Waals surface area contributed by atoms with Crippen molar-refractivity contribution >= 4 is 6.09 Å². The van der Waals surface area contributed by atoms with Crippen molar-refractivity contribution in [3.05, 3.63) is 12.3 Å². The summed E-state index contributed by atoms with van der Waals surface area (Å²) in [5, 5.41) is 8.82. The first-order valence-corrected chi connectivity index (χ1v) is 5.80. The first-order valence-electron chi connectivity index (χ1n) is 5.80. The zero-order valence-corrected chi connectivity index (χ0v) is 10.1. The van der Waals surface area contributed by atoms with Crippen LogP contribution in [0.2, 0.25) is 0 Å². The zero-order valence-electron chi connectivity index (χ0n) is 10.1. The number of carboxylic acid groups (broad SMARTS) is 1. The van der Waals surface area contributed by atoms with Crippen molar-refractivity contribution in [3.8, 4) is 0 Å². The summed E-state index contributed by atoms with van der Waals surface area (Å²) in [6.45, 7) is 3.53. The standard InChI is InChI=1S/C12H21NO3/c1-10(5-8-16-2)9-11-3-6-13(7-4-11)12(14)15/h5,8,10-11H,3-4,6-7,9H2,1-2H3,(H,14,15). The normalized spacial score (nSPS) is 20.0. The average molecular weight is 227 g/mol. The van der Waals surface area contributed by atoms with E-state index in [-0.39, 0.29) is 0 Å². The number of hydrogen-bond acceptors (Lipinski definition) is 2. The first-order chi connectivity index (χ1) is 7.63. The van der Waals surface area contributed by atoms with E-state index in [4.69, 9.17) is 9.84 Å². The number of ether oxygens (including phenoxy) is 1. The zero-order chi connectivity index (χ0) is 12.0. The fourth-order valence-corrected chi connectivity index (χ4v) is 2.18. The summed E-state index contributed by atoms with van der Waals surface area (Å²) in [6, 6.07) is 0. The molecule has 1 aliphatic rings. The van der Waals surface area contributed by atoms with Gasteiger partial charge in [-0.1, -0.05) is 6.92 Å². The third-order valence-corrected chi connectivity index (χ3v) is 3.13. The molecule has 1 rings (SSSR count). The van der Waals surface area contributed by atoms with Gasteiger partial charge in [0.1, 0.15) is 0 Å². The van der Waals surface area contributed by atoms with E-state index in [1.807, 2.05) is 0 Å². The molecule has 0 aromatic carbocycles. The average Bonchev–Trinajstić information content (AvgIpc) is 2.27. The molecular formula is C12H21NO3. The lowest BCUT2D eigenvalue weighted by Crippen LogP contribution is -2.37. The van der Waals surface area contributed by atoms with Gasteiger partial charge in [0.25, 0.3) is 0 Å². The van der Waals surface area contributed by atoms with Crippen LogP contribution in [0.25, 0.3) is 0 Å². The molecule has 0 radical (unpaired) electrons. The second kappa shape index (κ2) is 6.40. The van der Waals surface area contributed by atoms with Gasteiger partial charge in [0.2, 0.25) is 0 Å². The van der Waals surface area contributed by atoms with Gasteiger partial charge in [-0.15, -0.1) is 0 Å². The Hall–Kier alpha value is -1.19. The third-order valence-electron chi connectivity index (χ3n) is 3.13. The topological polar surface area (TPSA) is 49.8 Å². The van der Waals surface area contributed by atoms with Gasteiger partial charge in [-0.25, -0.2) is 4.79 Å². The summed E-state index contributed by atoms with van der Waals surface area (Å²) in [4.78, 5) is 12.2. The van der Waals surface area contributed by atoms with E-state index in [2.05, 4.69) is 13.0 Å². The van der Waals surface area contributed by atoms with Crippen LogP contribution in [0, 0.1) is 11.8 Å². The molecule has 16 heavy (non-hydrogen) atoms. The highest BCUT2D eigenvalue weighted by Gasteiger charge is 2.22. The maximum Gasteiger partial charge on any atom is 0.407 e. The van der Waals surface area contributed by atoms with Crippen molar-refractivity contribution in [1.82, 2.24) is 4.90 Å². The van der Waals surface area contributed by atoms with Crippen LogP contribution in [0.4, 0.5) is 4.79 Å². The fourth-order valence-electron chi connectivity index (χ4n) is 2.18. The van der Waals surface area contributed by atoms with Crippen molar-refractivity contribution in [2.45, 2.75) is 26.2 Å². The van der Waals surface area contributed by atoms with Crippen LogP contribution in [0.1, 0.15) is 26.2 Å². The van der Waals surface area contributed by atoms with Crippen LogP contribution >= 0.6 is 0 Å². The van der Waals surface area contributed by atoms with Crippen LogP contribution < -0.4 is 0 Å². The quantitative estimate of drug-likeness (QED) is 0.751. The molecule has 4 heteroatoms. The van der Waals surface area contributed by atoms with Crippen LogP contribution in [0.5, 0.6) is 0 Å². The van der Waals surface area contributed by atoms with Crippen LogP contribution in [0.3, 0.4) is 0 Å². The molecule has 1 fully saturated rings. The Bertz CT molecular complexity index is 245. The highest BCUT2D eigenvalue weighted by atomic mass is 16.5. The van der Waals surface area contributed by atoms with E-state index < -0.39 is 6.09 Å². The third kappa shape index (κ3) is 4.13. The number of hydrogen-bond donors (Lipinski definition) is 1. The second-order valence-corrected chi connectivity index (χ2v) is 4.49. The van der Waals surface area contributed by atoms with Crippen molar-refractivity contribution in [1.29, 1.82) is 0 Å². The van der Waals surface area contributed by atoms with Gasteiger partial charge in [0.05, 0.1) is 13.4 Å². The summed E-state index contributed by atoms with van der Waals surface area (Å²) in [5.74, 6) is 1.15. The maximum atomic E-state index is 10.7.